The lowest BCUT2D eigenvalue weighted by atomic mass is 9.62. The molecule has 1 N–H and O–H groups in total. The highest BCUT2D eigenvalue weighted by atomic mass is 16.5. The van der Waals surface area contributed by atoms with Crippen LogP contribution >= 0.6 is 0 Å². The SMILES string of the molecule is CCOC(=O)[C@@H]1[C@@H](C(=O)O)[C@@H]2C=C[C@H]1CC2. The van der Waals surface area contributed by atoms with Gasteiger partial charge in [0.05, 0.1) is 18.4 Å². The van der Waals surface area contributed by atoms with Gasteiger partial charge in [-0.3, -0.25) is 9.59 Å². The van der Waals surface area contributed by atoms with Gasteiger partial charge in [-0.15, -0.1) is 0 Å². The van der Waals surface area contributed by atoms with Gasteiger partial charge in [0.25, 0.3) is 0 Å². The van der Waals surface area contributed by atoms with Gasteiger partial charge in [-0.2, -0.15) is 0 Å². The van der Waals surface area contributed by atoms with Gasteiger partial charge in [-0.25, -0.2) is 0 Å². The molecule has 0 aromatic carbocycles. The lowest BCUT2D eigenvalue weighted by Crippen LogP contribution is -2.45. The number of hydrogen-bond donors (Lipinski definition) is 1. The van der Waals surface area contributed by atoms with Crippen molar-refractivity contribution in [1.29, 1.82) is 0 Å². The Morgan fingerprint density at radius 3 is 2.25 bits per heavy atom. The number of carboxylic acid groups (broad SMARTS) is 1. The van der Waals surface area contributed by atoms with Crippen LogP contribution in [0.5, 0.6) is 0 Å². The first-order chi connectivity index (χ1) is 7.65. The Morgan fingerprint density at radius 2 is 1.81 bits per heavy atom. The van der Waals surface area contributed by atoms with E-state index in [2.05, 4.69) is 0 Å². The number of carbonyl (C=O) groups is 2. The third kappa shape index (κ3) is 1.72. The maximum absolute atomic E-state index is 11.8. The van der Waals surface area contributed by atoms with Crippen molar-refractivity contribution in [3.63, 3.8) is 0 Å². The van der Waals surface area contributed by atoms with E-state index in [9.17, 15) is 14.7 Å². The molecule has 88 valence electrons. The number of hydrogen-bond acceptors (Lipinski definition) is 3. The Bertz CT molecular complexity index is 334. The number of ether oxygens (including phenoxy) is 1. The molecule has 0 radical (unpaired) electrons. The van der Waals surface area contributed by atoms with E-state index in [1.54, 1.807) is 6.92 Å². The second kappa shape index (κ2) is 4.28. The summed E-state index contributed by atoms with van der Waals surface area (Å²) in [4.78, 5) is 23.0. The fraction of sp³-hybridized carbons (Fsp3) is 0.667. The number of allylic oxidation sites excluding steroid dienone is 2. The molecule has 0 aliphatic heterocycles. The van der Waals surface area contributed by atoms with E-state index >= 15 is 0 Å². The third-order valence-electron chi connectivity index (χ3n) is 3.59. The van der Waals surface area contributed by atoms with E-state index in [0.29, 0.717) is 6.61 Å². The van der Waals surface area contributed by atoms with Crippen LogP contribution in [0.3, 0.4) is 0 Å². The predicted molar refractivity (Wildman–Crippen MR) is 56.6 cm³/mol. The topological polar surface area (TPSA) is 63.6 Å². The molecular formula is C12H16O4. The Morgan fingerprint density at radius 1 is 1.25 bits per heavy atom. The number of esters is 1. The van der Waals surface area contributed by atoms with E-state index in [0.717, 1.165) is 12.8 Å². The normalized spacial score (nSPS) is 36.1. The Hall–Kier alpha value is -1.32. The lowest BCUT2D eigenvalue weighted by Gasteiger charge is -2.41. The van der Waals surface area contributed by atoms with Gasteiger partial charge >= 0.3 is 11.9 Å². The van der Waals surface area contributed by atoms with E-state index in [1.807, 2.05) is 12.2 Å². The van der Waals surface area contributed by atoms with E-state index in [-0.39, 0.29) is 17.8 Å². The molecular weight excluding hydrogens is 208 g/mol. The third-order valence-corrected chi connectivity index (χ3v) is 3.59. The molecule has 0 amide bonds. The molecule has 0 aromatic heterocycles. The fourth-order valence-corrected chi connectivity index (χ4v) is 2.89. The first-order valence-corrected chi connectivity index (χ1v) is 5.73. The molecule has 3 rings (SSSR count). The van der Waals surface area contributed by atoms with Crippen LogP contribution in [0.1, 0.15) is 19.8 Å². The summed E-state index contributed by atoms with van der Waals surface area (Å²) >= 11 is 0. The van der Waals surface area contributed by atoms with Gasteiger partial charge in [0, 0.05) is 0 Å². The summed E-state index contributed by atoms with van der Waals surface area (Å²) in [7, 11) is 0. The molecule has 1 saturated carbocycles. The smallest absolute Gasteiger partial charge is 0.310 e. The van der Waals surface area contributed by atoms with Crippen molar-refractivity contribution in [1.82, 2.24) is 0 Å². The van der Waals surface area contributed by atoms with Crippen molar-refractivity contribution in [2.24, 2.45) is 23.7 Å². The highest BCUT2D eigenvalue weighted by Gasteiger charge is 2.48. The van der Waals surface area contributed by atoms with Gasteiger partial charge in [-0.05, 0) is 31.6 Å². The predicted octanol–water partition coefficient (Wildman–Crippen LogP) is 1.46. The first kappa shape index (κ1) is 11.2. The first-order valence-electron chi connectivity index (χ1n) is 5.73. The molecule has 4 atom stereocenters. The molecule has 0 heterocycles. The maximum atomic E-state index is 11.8. The lowest BCUT2D eigenvalue weighted by molar-refractivity contribution is -0.163. The van der Waals surface area contributed by atoms with E-state index < -0.39 is 17.8 Å². The van der Waals surface area contributed by atoms with Crippen LogP contribution < -0.4 is 0 Å². The average molecular weight is 224 g/mol. The van der Waals surface area contributed by atoms with Gasteiger partial charge in [0.15, 0.2) is 0 Å². The molecule has 2 bridgehead atoms. The Balaban J connectivity index is 2.24. The van der Waals surface area contributed by atoms with Crippen LogP contribution in [0.2, 0.25) is 0 Å². The Labute approximate surface area is 94.3 Å². The summed E-state index contributed by atoms with van der Waals surface area (Å²) in [6.07, 6.45) is 5.69. The number of fused-ring (bicyclic) bond motifs is 2. The molecule has 0 saturated heterocycles. The summed E-state index contributed by atoms with van der Waals surface area (Å²) < 4.78 is 4.98. The van der Waals surface area contributed by atoms with Crippen LogP contribution in [0.4, 0.5) is 0 Å². The van der Waals surface area contributed by atoms with Gasteiger partial charge < -0.3 is 9.84 Å². The summed E-state index contributed by atoms with van der Waals surface area (Å²) in [6.45, 7) is 2.05. The minimum absolute atomic E-state index is 0.00286. The second-order valence-corrected chi connectivity index (χ2v) is 4.43. The van der Waals surface area contributed by atoms with Gasteiger partial charge in [0.1, 0.15) is 0 Å². The Kier molecular flexibility index (Phi) is 2.99. The average Bonchev–Trinajstić information content (AvgIpc) is 2.29. The number of carboxylic acids is 1. The van der Waals surface area contributed by atoms with Gasteiger partial charge in [0.2, 0.25) is 0 Å². The largest absolute Gasteiger partial charge is 0.481 e. The number of aliphatic carboxylic acids is 1. The zero-order chi connectivity index (χ0) is 11.7. The second-order valence-electron chi connectivity index (χ2n) is 4.43. The van der Waals surface area contributed by atoms with Crippen molar-refractivity contribution in [2.45, 2.75) is 19.8 Å². The molecule has 0 aromatic rings. The van der Waals surface area contributed by atoms with Crippen LogP contribution in [0, 0.1) is 23.7 Å². The maximum Gasteiger partial charge on any atom is 0.310 e. The van der Waals surface area contributed by atoms with Crippen molar-refractivity contribution in [3.05, 3.63) is 12.2 Å². The van der Waals surface area contributed by atoms with Gasteiger partial charge in [-0.1, -0.05) is 12.2 Å². The van der Waals surface area contributed by atoms with Crippen LogP contribution in [0.15, 0.2) is 12.2 Å². The summed E-state index contributed by atoms with van der Waals surface area (Å²) in [5.41, 5.74) is 0. The standard InChI is InChI=1S/C12H16O4/c1-2-16-12(15)10-8-5-3-7(4-6-8)9(10)11(13)14/h3,5,7-10H,2,4,6H2,1H3,(H,13,14)/t7-,8+,9+,10+/m1/s1. The number of rotatable bonds is 3. The molecule has 16 heavy (non-hydrogen) atoms. The minimum atomic E-state index is -0.878. The van der Waals surface area contributed by atoms with Crippen LogP contribution in [0.25, 0.3) is 0 Å². The van der Waals surface area contributed by atoms with Crippen LogP contribution in [-0.2, 0) is 14.3 Å². The zero-order valence-electron chi connectivity index (χ0n) is 9.26. The minimum Gasteiger partial charge on any atom is -0.481 e. The van der Waals surface area contributed by atoms with Crippen LogP contribution in [-0.4, -0.2) is 23.7 Å². The summed E-state index contributed by atoms with van der Waals surface area (Å²) in [6, 6.07) is 0. The fourth-order valence-electron chi connectivity index (χ4n) is 2.89. The van der Waals surface area contributed by atoms with E-state index in [1.165, 1.54) is 0 Å². The molecule has 4 heteroatoms. The monoisotopic (exact) mass is 224 g/mol. The summed E-state index contributed by atoms with van der Waals surface area (Å²) in [5.74, 6) is -2.27. The highest BCUT2D eigenvalue weighted by Crippen LogP contribution is 2.45. The molecule has 4 nitrogen and oxygen atoms in total. The molecule has 1 fully saturated rings. The van der Waals surface area contributed by atoms with Crippen molar-refractivity contribution in [2.75, 3.05) is 6.61 Å². The highest BCUT2D eigenvalue weighted by molar-refractivity contribution is 5.82. The molecule has 3 aliphatic carbocycles. The molecule has 3 aliphatic rings. The molecule has 0 unspecified atom stereocenters. The van der Waals surface area contributed by atoms with E-state index in [4.69, 9.17) is 4.74 Å². The quantitative estimate of drug-likeness (QED) is 0.582. The number of carbonyl (C=O) groups excluding carboxylic acids is 1. The zero-order valence-corrected chi connectivity index (χ0v) is 9.26. The van der Waals surface area contributed by atoms with Crippen molar-refractivity contribution < 1.29 is 19.4 Å². The molecule has 0 spiro atoms. The summed E-state index contributed by atoms with van der Waals surface area (Å²) in [5, 5.41) is 9.21. The van der Waals surface area contributed by atoms with Crippen molar-refractivity contribution >= 4 is 11.9 Å². The van der Waals surface area contributed by atoms with Crippen molar-refractivity contribution in [3.8, 4) is 0 Å².